The molecule has 1 aromatic heterocycles. The molecule has 6 nitrogen and oxygen atoms in total. The van der Waals surface area contributed by atoms with Crippen LogP contribution in [0.5, 0.6) is 5.75 Å². The average Bonchev–Trinajstić information content (AvgIpc) is 3.10. The van der Waals surface area contributed by atoms with Gasteiger partial charge in [0.15, 0.2) is 11.5 Å². The number of rotatable bonds is 2. The van der Waals surface area contributed by atoms with Gasteiger partial charge in [-0.1, -0.05) is 23.7 Å². The largest absolute Gasteiger partial charge is 0.482 e. The van der Waals surface area contributed by atoms with E-state index in [0.29, 0.717) is 59.2 Å². The van der Waals surface area contributed by atoms with Gasteiger partial charge in [-0.15, -0.1) is 0 Å². The highest BCUT2D eigenvalue weighted by Gasteiger charge is 2.40. The average molecular weight is 440 g/mol. The molecule has 0 unspecified atom stereocenters. The van der Waals surface area contributed by atoms with Crippen LogP contribution in [0.25, 0.3) is 11.0 Å². The smallest absolute Gasteiger partial charge is 0.290 e. The van der Waals surface area contributed by atoms with Gasteiger partial charge in [0.05, 0.1) is 25.2 Å². The molecule has 1 saturated heterocycles. The van der Waals surface area contributed by atoms with Gasteiger partial charge >= 0.3 is 0 Å². The maximum absolute atomic E-state index is 13.3. The second-order valence-electron chi connectivity index (χ2n) is 8.21. The van der Waals surface area contributed by atoms with Crippen molar-refractivity contribution in [3.8, 4) is 5.75 Å². The number of ether oxygens (including phenoxy) is 2. The van der Waals surface area contributed by atoms with Crippen molar-refractivity contribution in [3.05, 3.63) is 63.9 Å². The first-order valence-electron chi connectivity index (χ1n) is 10.3. The lowest BCUT2D eigenvalue weighted by Crippen LogP contribution is -2.40. The van der Waals surface area contributed by atoms with E-state index in [1.807, 2.05) is 26.0 Å². The fourth-order valence-corrected chi connectivity index (χ4v) is 4.56. The number of nitrogens with zero attached hydrogens (tertiary/aromatic N) is 1. The third-order valence-electron chi connectivity index (χ3n) is 6.12. The predicted octanol–water partition coefficient (Wildman–Crippen LogP) is 4.75. The highest BCUT2D eigenvalue weighted by atomic mass is 35.5. The third kappa shape index (κ3) is 3.30. The van der Waals surface area contributed by atoms with Crippen LogP contribution in [0.2, 0.25) is 5.02 Å². The minimum Gasteiger partial charge on any atom is -0.482 e. The van der Waals surface area contributed by atoms with Crippen LogP contribution in [-0.4, -0.2) is 42.9 Å². The van der Waals surface area contributed by atoms with E-state index in [9.17, 15) is 9.59 Å². The summed E-state index contributed by atoms with van der Waals surface area (Å²) >= 11 is 6.02. The van der Waals surface area contributed by atoms with E-state index in [4.69, 9.17) is 25.5 Å². The van der Waals surface area contributed by atoms with Crippen LogP contribution in [0.3, 0.4) is 0 Å². The van der Waals surface area contributed by atoms with E-state index in [-0.39, 0.29) is 23.9 Å². The van der Waals surface area contributed by atoms with Gasteiger partial charge in [0.25, 0.3) is 5.91 Å². The molecule has 1 atom stereocenters. The highest BCUT2D eigenvalue weighted by Crippen LogP contribution is 2.44. The maximum Gasteiger partial charge on any atom is 0.290 e. The fourth-order valence-electron chi connectivity index (χ4n) is 4.43. The zero-order valence-electron chi connectivity index (χ0n) is 17.4. The normalized spacial score (nSPS) is 21.1. The minimum atomic E-state index is -0.799. The molecule has 2 aliphatic rings. The van der Waals surface area contributed by atoms with Crippen LogP contribution in [0, 0.1) is 6.92 Å². The van der Waals surface area contributed by atoms with Crippen LogP contribution < -0.4 is 4.74 Å². The summed E-state index contributed by atoms with van der Waals surface area (Å²) in [6.45, 7) is 5.78. The molecule has 1 amide bonds. The summed E-state index contributed by atoms with van der Waals surface area (Å²) in [6, 6.07) is 10.8. The molecule has 0 N–H and O–H groups in total. The third-order valence-corrected chi connectivity index (χ3v) is 6.37. The molecule has 5 rings (SSSR count). The molecule has 160 valence electrons. The van der Waals surface area contributed by atoms with Crippen LogP contribution in [0.4, 0.5) is 0 Å². The molecule has 3 heterocycles. The van der Waals surface area contributed by atoms with Crippen LogP contribution in [-0.2, 0) is 10.3 Å². The van der Waals surface area contributed by atoms with Gasteiger partial charge in [-0.05, 0) is 43.7 Å². The van der Waals surface area contributed by atoms with Crippen molar-refractivity contribution in [1.29, 1.82) is 0 Å². The van der Waals surface area contributed by atoms with E-state index in [2.05, 4.69) is 0 Å². The highest BCUT2D eigenvalue weighted by molar-refractivity contribution is 6.30. The van der Waals surface area contributed by atoms with Crippen LogP contribution in [0.1, 0.15) is 45.4 Å². The lowest BCUT2D eigenvalue weighted by molar-refractivity contribution is 0.0283. The zero-order chi connectivity index (χ0) is 21.8. The number of halogens is 1. The Balaban J connectivity index is 1.56. The molecule has 0 aliphatic carbocycles. The summed E-state index contributed by atoms with van der Waals surface area (Å²) in [5.41, 5.74) is 1.73. The summed E-state index contributed by atoms with van der Waals surface area (Å²) in [5, 5.41) is 1.28. The van der Waals surface area contributed by atoms with Crippen molar-refractivity contribution < 1.29 is 23.5 Å². The predicted molar refractivity (Wildman–Crippen MR) is 116 cm³/mol. The summed E-state index contributed by atoms with van der Waals surface area (Å²) in [6.07, 6.45) is 0.179. The first kappa shape index (κ1) is 20.1. The lowest BCUT2D eigenvalue weighted by atomic mass is 9.84. The Morgan fingerprint density at radius 2 is 1.81 bits per heavy atom. The molecule has 7 heteroatoms. The van der Waals surface area contributed by atoms with Crippen molar-refractivity contribution in [2.24, 2.45) is 0 Å². The van der Waals surface area contributed by atoms with Gasteiger partial charge in [-0.2, -0.15) is 0 Å². The van der Waals surface area contributed by atoms with E-state index in [0.717, 1.165) is 5.56 Å². The summed E-state index contributed by atoms with van der Waals surface area (Å²) in [4.78, 5) is 28.1. The number of hydrogen-bond donors (Lipinski definition) is 0. The Kier molecular flexibility index (Phi) is 4.79. The van der Waals surface area contributed by atoms with Gasteiger partial charge in [-0.25, -0.2) is 0 Å². The molecule has 2 aliphatic heterocycles. The number of aryl methyl sites for hydroxylation is 1. The number of Topliss-reactive ketones (excluding diaryl/α,β-unsaturated/α-hetero) is 1. The van der Waals surface area contributed by atoms with Gasteiger partial charge < -0.3 is 18.8 Å². The quantitative estimate of drug-likeness (QED) is 0.576. The molecule has 1 fully saturated rings. The number of carbonyl (C=O) groups is 2. The number of benzene rings is 2. The van der Waals surface area contributed by atoms with Crippen molar-refractivity contribution in [1.82, 2.24) is 4.90 Å². The van der Waals surface area contributed by atoms with Gasteiger partial charge in [0.1, 0.15) is 16.9 Å². The van der Waals surface area contributed by atoms with E-state index < -0.39 is 5.60 Å². The second kappa shape index (κ2) is 7.39. The number of morpholine rings is 1. The number of hydrogen-bond acceptors (Lipinski definition) is 5. The van der Waals surface area contributed by atoms with E-state index in [1.165, 1.54) is 0 Å². The van der Waals surface area contributed by atoms with Gasteiger partial charge in [0, 0.05) is 29.1 Å². The monoisotopic (exact) mass is 439 g/mol. The number of fused-ring (bicyclic) bond motifs is 3. The maximum atomic E-state index is 13.3. The Bertz CT molecular complexity index is 1190. The summed E-state index contributed by atoms with van der Waals surface area (Å²) in [5.74, 6) is 0.541. The SMILES string of the molecule is Cc1c(C(=O)N2CCOCC2)oc2ccc3c(c12)C(=O)C[C@@](C)(c1ccc(Cl)cc1)O3. The topological polar surface area (TPSA) is 69.0 Å². The molecular formula is C24H22ClNO5. The Morgan fingerprint density at radius 3 is 2.52 bits per heavy atom. The van der Waals surface area contributed by atoms with Crippen molar-refractivity contribution in [2.45, 2.75) is 25.9 Å². The summed E-state index contributed by atoms with van der Waals surface area (Å²) < 4.78 is 17.6. The van der Waals surface area contributed by atoms with Crippen molar-refractivity contribution in [2.75, 3.05) is 26.3 Å². The summed E-state index contributed by atoms with van der Waals surface area (Å²) in [7, 11) is 0. The van der Waals surface area contributed by atoms with Crippen molar-refractivity contribution in [3.63, 3.8) is 0 Å². The molecule has 3 aromatic rings. The van der Waals surface area contributed by atoms with Crippen molar-refractivity contribution >= 4 is 34.3 Å². The zero-order valence-corrected chi connectivity index (χ0v) is 18.1. The van der Waals surface area contributed by atoms with Gasteiger partial charge in [0.2, 0.25) is 0 Å². The first-order chi connectivity index (χ1) is 14.9. The minimum absolute atomic E-state index is 0.0430. The van der Waals surface area contributed by atoms with Crippen LogP contribution >= 0.6 is 11.6 Å². The van der Waals surface area contributed by atoms with Crippen LogP contribution in [0.15, 0.2) is 40.8 Å². The second-order valence-corrected chi connectivity index (χ2v) is 8.65. The van der Waals surface area contributed by atoms with E-state index >= 15 is 0 Å². The molecule has 31 heavy (non-hydrogen) atoms. The first-order valence-corrected chi connectivity index (χ1v) is 10.7. The molecule has 0 radical (unpaired) electrons. The fraction of sp³-hybridized carbons (Fsp3) is 0.333. The Labute approximate surface area is 184 Å². The number of furan rings is 1. The van der Waals surface area contributed by atoms with Gasteiger partial charge in [-0.3, -0.25) is 9.59 Å². The standard InChI is InChI=1S/C24H22ClNO5/c1-14-20-18(30-22(14)23(28)26-9-11-29-12-10-26)7-8-19-21(20)17(27)13-24(2,31-19)15-3-5-16(25)6-4-15/h3-8H,9-13H2,1-2H3/t24-/m0/s1. The Hall–Kier alpha value is -2.83. The molecular weight excluding hydrogens is 418 g/mol. The Morgan fingerprint density at radius 1 is 1.10 bits per heavy atom. The number of amides is 1. The number of carbonyl (C=O) groups excluding carboxylic acids is 2. The molecule has 0 saturated carbocycles. The lowest BCUT2D eigenvalue weighted by Gasteiger charge is -2.35. The molecule has 0 bridgehead atoms. The number of ketones is 1. The van der Waals surface area contributed by atoms with E-state index in [1.54, 1.807) is 29.2 Å². The molecule has 0 spiro atoms. The molecule has 2 aromatic carbocycles.